The molecule has 2 rings (SSSR count). The van der Waals surface area contributed by atoms with Crippen LogP contribution in [-0.2, 0) is 0 Å². The number of carbonyl (C=O) groups excluding carboxylic acids is 1. The maximum atomic E-state index is 11.0. The number of hydrogen-bond donors (Lipinski definition) is 0. The number of fused-ring (bicyclic) bond motifs is 1. The van der Waals surface area contributed by atoms with Crippen LogP contribution in [0, 0.1) is 10.1 Å². The molecule has 0 spiro atoms. The Morgan fingerprint density at radius 3 is 2.87 bits per heavy atom. The summed E-state index contributed by atoms with van der Waals surface area (Å²) in [5.41, 5.74) is 0.636. The minimum atomic E-state index is -0.466. The third-order valence-corrected chi connectivity index (χ3v) is 3.00. The standard InChI is InChI=1S/C9H6N2O3S/c1-5(12)9-10-7-3-2-6(11(13)14)4-8(7)15-9/h2-4H,1H3. The van der Waals surface area contributed by atoms with Crippen molar-refractivity contribution in [2.24, 2.45) is 0 Å². The highest BCUT2D eigenvalue weighted by molar-refractivity contribution is 7.20. The van der Waals surface area contributed by atoms with Crippen molar-refractivity contribution in [2.75, 3.05) is 0 Å². The SMILES string of the molecule is CC(=O)c1nc2ccc([N+](=O)[O-])cc2s1. The number of nitro benzene ring substituents is 1. The van der Waals surface area contributed by atoms with Crippen LogP contribution in [0.3, 0.4) is 0 Å². The number of rotatable bonds is 2. The third kappa shape index (κ3) is 1.71. The molecule has 0 radical (unpaired) electrons. The summed E-state index contributed by atoms with van der Waals surface area (Å²) in [6.07, 6.45) is 0. The number of nitrogens with zero attached hydrogens (tertiary/aromatic N) is 2. The molecule has 0 aliphatic heterocycles. The van der Waals surface area contributed by atoms with E-state index in [1.54, 1.807) is 6.07 Å². The van der Waals surface area contributed by atoms with Crippen LogP contribution in [0.25, 0.3) is 10.2 Å². The molecule has 0 saturated heterocycles. The summed E-state index contributed by atoms with van der Waals surface area (Å²) in [5.74, 6) is -0.126. The van der Waals surface area contributed by atoms with Gasteiger partial charge in [0.1, 0.15) is 0 Å². The lowest BCUT2D eigenvalue weighted by molar-refractivity contribution is -0.384. The van der Waals surface area contributed by atoms with E-state index in [1.165, 1.54) is 30.4 Å². The number of Topliss-reactive ketones (excluding diaryl/α,β-unsaturated/α-hetero) is 1. The number of hydrogen-bond acceptors (Lipinski definition) is 5. The summed E-state index contributed by atoms with van der Waals surface area (Å²) in [6.45, 7) is 1.42. The number of ketones is 1. The monoisotopic (exact) mass is 222 g/mol. The minimum Gasteiger partial charge on any atom is -0.292 e. The first-order chi connectivity index (χ1) is 7.08. The van der Waals surface area contributed by atoms with Crippen LogP contribution >= 0.6 is 11.3 Å². The highest BCUT2D eigenvalue weighted by Gasteiger charge is 2.11. The second-order valence-electron chi connectivity index (χ2n) is 2.98. The van der Waals surface area contributed by atoms with E-state index in [-0.39, 0.29) is 11.5 Å². The largest absolute Gasteiger partial charge is 0.292 e. The van der Waals surface area contributed by atoms with Gasteiger partial charge in [-0.1, -0.05) is 0 Å². The molecule has 0 aliphatic rings. The first-order valence-electron chi connectivity index (χ1n) is 4.14. The van der Waals surface area contributed by atoms with Crippen molar-refractivity contribution in [3.8, 4) is 0 Å². The van der Waals surface area contributed by atoms with Gasteiger partial charge < -0.3 is 0 Å². The fourth-order valence-corrected chi connectivity index (χ4v) is 2.07. The van der Waals surface area contributed by atoms with Gasteiger partial charge in [-0.25, -0.2) is 4.98 Å². The lowest BCUT2D eigenvalue weighted by Crippen LogP contribution is -1.88. The van der Waals surface area contributed by atoms with Gasteiger partial charge in [0.25, 0.3) is 5.69 Å². The molecule has 15 heavy (non-hydrogen) atoms. The number of thiazole rings is 1. The summed E-state index contributed by atoms with van der Waals surface area (Å²) in [6, 6.07) is 4.36. The number of non-ortho nitro benzene ring substituents is 1. The van der Waals surface area contributed by atoms with Crippen molar-refractivity contribution in [1.29, 1.82) is 0 Å². The molecule has 0 aliphatic carbocycles. The molecule has 0 fully saturated rings. The summed E-state index contributed by atoms with van der Waals surface area (Å²) in [7, 11) is 0. The van der Waals surface area contributed by atoms with Crippen molar-refractivity contribution >= 4 is 33.0 Å². The lowest BCUT2D eigenvalue weighted by atomic mass is 10.3. The van der Waals surface area contributed by atoms with Gasteiger partial charge in [-0.15, -0.1) is 11.3 Å². The smallest absolute Gasteiger partial charge is 0.270 e. The van der Waals surface area contributed by atoms with Crippen LogP contribution in [0.1, 0.15) is 16.7 Å². The molecule has 0 bridgehead atoms. The van der Waals surface area contributed by atoms with Crippen molar-refractivity contribution in [1.82, 2.24) is 4.98 Å². The second-order valence-corrected chi connectivity index (χ2v) is 4.01. The molecule has 6 heteroatoms. The Hall–Kier alpha value is -1.82. The topological polar surface area (TPSA) is 73.1 Å². The summed E-state index contributed by atoms with van der Waals surface area (Å²) in [5, 5.41) is 10.9. The van der Waals surface area contributed by atoms with E-state index in [1.807, 2.05) is 0 Å². The lowest BCUT2D eigenvalue weighted by Gasteiger charge is -1.88. The average Bonchev–Trinajstić information content (AvgIpc) is 2.59. The van der Waals surface area contributed by atoms with Gasteiger partial charge in [-0.3, -0.25) is 14.9 Å². The molecule has 2 aromatic rings. The van der Waals surface area contributed by atoms with Crippen LogP contribution < -0.4 is 0 Å². The maximum Gasteiger partial charge on any atom is 0.270 e. The van der Waals surface area contributed by atoms with Crippen molar-refractivity contribution in [3.63, 3.8) is 0 Å². The Kier molecular flexibility index (Phi) is 2.20. The van der Waals surface area contributed by atoms with Gasteiger partial charge in [-0.2, -0.15) is 0 Å². The van der Waals surface area contributed by atoms with E-state index >= 15 is 0 Å². The molecule has 1 heterocycles. The molecule has 0 atom stereocenters. The first kappa shape index (κ1) is 9.72. The number of carbonyl (C=O) groups is 1. The zero-order chi connectivity index (χ0) is 11.0. The molecular formula is C9H6N2O3S. The van der Waals surface area contributed by atoms with E-state index < -0.39 is 4.92 Å². The van der Waals surface area contributed by atoms with E-state index in [0.717, 1.165) is 0 Å². The molecule has 1 aromatic carbocycles. The van der Waals surface area contributed by atoms with Crippen molar-refractivity contribution in [3.05, 3.63) is 33.3 Å². The van der Waals surface area contributed by atoms with Crippen LogP contribution in [0.5, 0.6) is 0 Å². The molecule has 76 valence electrons. The summed E-state index contributed by atoms with van der Waals surface area (Å²) >= 11 is 1.17. The second kappa shape index (κ2) is 3.39. The summed E-state index contributed by atoms with van der Waals surface area (Å²) in [4.78, 5) is 25.1. The molecule has 0 amide bonds. The Balaban J connectivity index is 2.62. The summed E-state index contributed by atoms with van der Waals surface area (Å²) < 4.78 is 0.661. The molecule has 1 aromatic heterocycles. The Labute approximate surface area is 88.5 Å². The zero-order valence-electron chi connectivity index (χ0n) is 7.76. The van der Waals surface area contributed by atoms with Crippen molar-refractivity contribution in [2.45, 2.75) is 6.92 Å². The van der Waals surface area contributed by atoms with Gasteiger partial charge in [0, 0.05) is 19.1 Å². The van der Waals surface area contributed by atoms with Crippen LogP contribution in [0.15, 0.2) is 18.2 Å². The third-order valence-electron chi connectivity index (χ3n) is 1.88. The minimum absolute atomic E-state index is 0.0150. The molecule has 0 unspecified atom stereocenters. The highest BCUT2D eigenvalue weighted by atomic mass is 32.1. The Morgan fingerprint density at radius 1 is 1.53 bits per heavy atom. The highest BCUT2D eigenvalue weighted by Crippen LogP contribution is 2.26. The number of benzene rings is 1. The van der Waals surface area contributed by atoms with E-state index in [9.17, 15) is 14.9 Å². The van der Waals surface area contributed by atoms with Crippen molar-refractivity contribution < 1.29 is 9.72 Å². The zero-order valence-corrected chi connectivity index (χ0v) is 8.58. The van der Waals surface area contributed by atoms with Gasteiger partial charge in [-0.05, 0) is 6.07 Å². The molecule has 0 N–H and O–H groups in total. The van der Waals surface area contributed by atoms with Crippen LogP contribution in [-0.4, -0.2) is 15.7 Å². The van der Waals surface area contributed by atoms with Gasteiger partial charge in [0.05, 0.1) is 15.1 Å². The number of nitro groups is 1. The number of aromatic nitrogens is 1. The fraction of sp³-hybridized carbons (Fsp3) is 0.111. The van der Waals surface area contributed by atoms with Gasteiger partial charge in [0.2, 0.25) is 0 Å². The predicted molar refractivity (Wildman–Crippen MR) is 56.3 cm³/mol. The van der Waals surface area contributed by atoms with Gasteiger partial charge in [0.15, 0.2) is 10.8 Å². The Bertz CT molecular complexity index is 549. The van der Waals surface area contributed by atoms with E-state index in [0.29, 0.717) is 15.2 Å². The average molecular weight is 222 g/mol. The van der Waals surface area contributed by atoms with Crippen LogP contribution in [0.4, 0.5) is 5.69 Å². The normalized spacial score (nSPS) is 10.5. The first-order valence-corrected chi connectivity index (χ1v) is 4.95. The fourth-order valence-electron chi connectivity index (χ4n) is 1.18. The van der Waals surface area contributed by atoms with Crippen LogP contribution in [0.2, 0.25) is 0 Å². The van der Waals surface area contributed by atoms with E-state index in [2.05, 4.69) is 4.98 Å². The van der Waals surface area contributed by atoms with Gasteiger partial charge >= 0.3 is 0 Å². The Morgan fingerprint density at radius 2 is 2.27 bits per heavy atom. The molecule has 0 saturated carbocycles. The maximum absolute atomic E-state index is 11.0. The molecule has 5 nitrogen and oxygen atoms in total. The quantitative estimate of drug-likeness (QED) is 0.444. The molecular weight excluding hydrogens is 216 g/mol. The predicted octanol–water partition coefficient (Wildman–Crippen LogP) is 2.41. The van der Waals surface area contributed by atoms with E-state index in [4.69, 9.17) is 0 Å².